The quantitative estimate of drug-likeness (QED) is 0.757. The van der Waals surface area contributed by atoms with Crippen LogP contribution in [0.5, 0.6) is 0 Å². The summed E-state index contributed by atoms with van der Waals surface area (Å²) in [7, 11) is 0. The number of hydrogen-bond donors (Lipinski definition) is 2. The number of nitrogens with two attached hydrogens (primary N) is 2. The van der Waals surface area contributed by atoms with E-state index in [1.165, 1.54) is 0 Å². The third-order valence-corrected chi connectivity index (χ3v) is 4.44. The van der Waals surface area contributed by atoms with E-state index >= 15 is 0 Å². The molecular weight excluding hydrogens is 342 g/mol. The van der Waals surface area contributed by atoms with E-state index in [-0.39, 0.29) is 11.9 Å². The molecule has 0 unspecified atom stereocenters. The minimum atomic E-state index is 0.170. The van der Waals surface area contributed by atoms with E-state index in [1.807, 2.05) is 24.8 Å². The molecule has 3 rings (SSSR count). The van der Waals surface area contributed by atoms with Crippen molar-refractivity contribution in [3.8, 4) is 11.8 Å². The molecule has 0 aromatic carbocycles. The Kier molecular flexibility index (Phi) is 5.41. The third kappa shape index (κ3) is 4.26. The maximum Gasteiger partial charge on any atom is 0.222 e. The fourth-order valence-electron chi connectivity index (χ4n) is 2.96. The molecule has 1 aliphatic rings. The van der Waals surface area contributed by atoms with Crippen molar-refractivity contribution in [2.75, 3.05) is 42.5 Å². The molecule has 0 saturated carbocycles. The van der Waals surface area contributed by atoms with Crippen molar-refractivity contribution in [1.29, 1.82) is 0 Å². The Morgan fingerprint density at radius 3 is 2.52 bits per heavy atom. The number of hydrogen-bond acceptors (Lipinski definition) is 7. The number of aryl methyl sites for hydroxylation is 1. The molecule has 1 amide bonds. The van der Waals surface area contributed by atoms with Crippen LogP contribution in [0.1, 0.15) is 30.2 Å². The predicted octanol–water partition coefficient (Wildman–Crippen LogP) is 0.803. The Labute approximate surface area is 158 Å². The largest absolute Gasteiger partial charge is 0.384 e. The first-order chi connectivity index (χ1) is 13.0. The van der Waals surface area contributed by atoms with E-state index < -0.39 is 0 Å². The van der Waals surface area contributed by atoms with Crippen molar-refractivity contribution in [3.63, 3.8) is 0 Å². The second kappa shape index (κ2) is 7.91. The van der Waals surface area contributed by atoms with Crippen LogP contribution < -0.4 is 16.4 Å². The van der Waals surface area contributed by atoms with Crippen molar-refractivity contribution >= 4 is 23.5 Å². The van der Waals surface area contributed by atoms with E-state index in [4.69, 9.17) is 11.5 Å². The van der Waals surface area contributed by atoms with Gasteiger partial charge in [0, 0.05) is 44.4 Å². The molecule has 140 valence electrons. The molecule has 3 heterocycles. The number of nitrogens with zero attached hydrogens (tertiary/aromatic N) is 5. The number of piperazine rings is 1. The van der Waals surface area contributed by atoms with Crippen LogP contribution in [0.2, 0.25) is 0 Å². The van der Waals surface area contributed by atoms with Gasteiger partial charge in [-0.05, 0) is 19.1 Å². The van der Waals surface area contributed by atoms with Crippen molar-refractivity contribution in [1.82, 2.24) is 19.9 Å². The van der Waals surface area contributed by atoms with E-state index in [0.717, 1.165) is 16.8 Å². The van der Waals surface area contributed by atoms with Crippen molar-refractivity contribution < 1.29 is 4.79 Å². The Morgan fingerprint density at radius 2 is 1.89 bits per heavy atom. The Balaban J connectivity index is 1.88. The molecular formula is C19H23N7O. The first-order valence-corrected chi connectivity index (χ1v) is 8.88. The van der Waals surface area contributed by atoms with Crippen LogP contribution in [0.25, 0.3) is 0 Å². The molecule has 4 N–H and O–H groups in total. The minimum absolute atomic E-state index is 0.170. The summed E-state index contributed by atoms with van der Waals surface area (Å²) in [4.78, 5) is 28.6. The highest BCUT2D eigenvalue weighted by molar-refractivity contribution is 5.76. The molecule has 1 fully saturated rings. The molecule has 0 atom stereocenters. The number of aromatic nitrogens is 3. The summed E-state index contributed by atoms with van der Waals surface area (Å²) in [5.74, 6) is 7.78. The lowest BCUT2D eigenvalue weighted by atomic mass is 10.1. The fraction of sp³-hybridized carbons (Fsp3) is 0.368. The Hall–Kier alpha value is -3.34. The van der Waals surface area contributed by atoms with Gasteiger partial charge in [-0.15, -0.1) is 0 Å². The molecule has 8 nitrogen and oxygen atoms in total. The molecule has 1 saturated heterocycles. The number of nitrogen functional groups attached to an aromatic ring is 2. The Morgan fingerprint density at radius 1 is 1.15 bits per heavy atom. The third-order valence-electron chi connectivity index (χ3n) is 4.44. The van der Waals surface area contributed by atoms with Crippen molar-refractivity contribution in [2.24, 2.45) is 0 Å². The predicted molar refractivity (Wildman–Crippen MR) is 105 cm³/mol. The molecule has 1 aliphatic heterocycles. The molecule has 2 aromatic heterocycles. The van der Waals surface area contributed by atoms with Crippen LogP contribution in [0.15, 0.2) is 18.3 Å². The molecule has 0 aliphatic carbocycles. The zero-order valence-corrected chi connectivity index (χ0v) is 15.6. The van der Waals surface area contributed by atoms with Crippen LogP contribution >= 0.6 is 0 Å². The van der Waals surface area contributed by atoms with E-state index in [2.05, 4.69) is 31.7 Å². The monoisotopic (exact) mass is 365 g/mol. The summed E-state index contributed by atoms with van der Waals surface area (Å²) < 4.78 is 0. The van der Waals surface area contributed by atoms with Gasteiger partial charge in [0.25, 0.3) is 0 Å². The van der Waals surface area contributed by atoms with E-state index in [0.29, 0.717) is 44.2 Å². The molecule has 0 spiro atoms. The van der Waals surface area contributed by atoms with Gasteiger partial charge in [-0.1, -0.05) is 18.8 Å². The van der Waals surface area contributed by atoms with Gasteiger partial charge in [-0.25, -0.2) is 9.97 Å². The van der Waals surface area contributed by atoms with Crippen LogP contribution in [-0.2, 0) is 4.79 Å². The van der Waals surface area contributed by atoms with Gasteiger partial charge >= 0.3 is 0 Å². The summed E-state index contributed by atoms with van der Waals surface area (Å²) in [6.07, 6.45) is 2.15. The average Bonchev–Trinajstić information content (AvgIpc) is 2.67. The number of rotatable bonds is 2. The minimum Gasteiger partial charge on any atom is -0.384 e. The van der Waals surface area contributed by atoms with Gasteiger partial charge in [-0.3, -0.25) is 4.79 Å². The van der Waals surface area contributed by atoms with Crippen molar-refractivity contribution in [2.45, 2.75) is 20.3 Å². The number of carbonyl (C=O) groups excluding carboxylic acids is 1. The molecule has 0 bridgehead atoms. The van der Waals surface area contributed by atoms with Gasteiger partial charge in [0.05, 0.1) is 11.3 Å². The van der Waals surface area contributed by atoms with Gasteiger partial charge in [0.2, 0.25) is 11.9 Å². The van der Waals surface area contributed by atoms with Gasteiger partial charge < -0.3 is 21.3 Å². The summed E-state index contributed by atoms with van der Waals surface area (Å²) in [5, 5.41) is 0. The highest BCUT2D eigenvalue weighted by Crippen LogP contribution is 2.22. The van der Waals surface area contributed by atoms with Crippen LogP contribution in [0.3, 0.4) is 0 Å². The smallest absolute Gasteiger partial charge is 0.222 e. The Bertz CT molecular complexity index is 891. The number of carbonyl (C=O) groups is 1. The molecule has 2 aromatic rings. The van der Waals surface area contributed by atoms with Crippen LogP contribution in [0.4, 0.5) is 17.6 Å². The number of anilines is 3. The molecule has 27 heavy (non-hydrogen) atoms. The maximum absolute atomic E-state index is 11.9. The first-order valence-electron chi connectivity index (χ1n) is 8.88. The maximum atomic E-state index is 11.9. The molecule has 0 radical (unpaired) electrons. The zero-order valence-electron chi connectivity index (χ0n) is 15.6. The highest BCUT2D eigenvalue weighted by Gasteiger charge is 2.23. The lowest BCUT2D eigenvalue weighted by molar-refractivity contribution is -0.131. The summed E-state index contributed by atoms with van der Waals surface area (Å²) >= 11 is 0. The lowest BCUT2D eigenvalue weighted by Crippen LogP contribution is -2.49. The summed E-state index contributed by atoms with van der Waals surface area (Å²) in [6.45, 7) is 6.42. The van der Waals surface area contributed by atoms with E-state index in [9.17, 15) is 4.79 Å². The standard InChI is InChI=1S/C19H23N7O/c1-3-17(27)25-8-10-26(11-9-25)18-15(13(2)23-19(21)24-18)6-4-14-5-7-16(20)22-12-14/h5,7,12H,3,8-11H2,1-2H3,(H2,20,22)(H2,21,23,24). The second-order valence-electron chi connectivity index (χ2n) is 6.31. The number of pyridine rings is 1. The normalized spacial score (nSPS) is 13.9. The topological polar surface area (TPSA) is 114 Å². The van der Waals surface area contributed by atoms with Crippen LogP contribution in [0, 0.1) is 18.8 Å². The summed E-state index contributed by atoms with van der Waals surface area (Å²) in [6, 6.07) is 3.53. The second-order valence-corrected chi connectivity index (χ2v) is 6.31. The highest BCUT2D eigenvalue weighted by atomic mass is 16.2. The van der Waals surface area contributed by atoms with Gasteiger partial charge in [0.15, 0.2) is 0 Å². The zero-order chi connectivity index (χ0) is 19.4. The molecule has 8 heteroatoms. The lowest BCUT2D eigenvalue weighted by Gasteiger charge is -2.35. The van der Waals surface area contributed by atoms with Gasteiger partial charge in [-0.2, -0.15) is 4.98 Å². The van der Waals surface area contributed by atoms with Crippen LogP contribution in [-0.4, -0.2) is 51.9 Å². The van der Waals surface area contributed by atoms with Gasteiger partial charge in [0.1, 0.15) is 11.6 Å². The SMILES string of the molecule is CCC(=O)N1CCN(c2nc(N)nc(C)c2C#Cc2ccc(N)nc2)CC1. The van der Waals surface area contributed by atoms with Crippen molar-refractivity contribution in [3.05, 3.63) is 35.2 Å². The first kappa shape index (κ1) is 18.5. The fourth-order valence-corrected chi connectivity index (χ4v) is 2.96. The van der Waals surface area contributed by atoms with E-state index in [1.54, 1.807) is 12.3 Å². The average molecular weight is 365 g/mol. The number of amides is 1. The summed E-state index contributed by atoms with van der Waals surface area (Å²) in [5.41, 5.74) is 13.7.